The van der Waals surface area contributed by atoms with Crippen LogP contribution >= 0.6 is 0 Å². The van der Waals surface area contributed by atoms with Gasteiger partial charge in [-0.05, 0) is 33.6 Å². The Bertz CT molecular complexity index is 759. The van der Waals surface area contributed by atoms with Gasteiger partial charge in [-0.3, -0.25) is 14.4 Å². The number of nitrogens with zero attached hydrogens (tertiary/aromatic N) is 3. The molecule has 0 unspecified atom stereocenters. The lowest BCUT2D eigenvalue weighted by atomic mass is 10.1. The average Bonchev–Trinajstić information content (AvgIpc) is 3.38. The van der Waals surface area contributed by atoms with Crippen molar-refractivity contribution in [2.24, 2.45) is 0 Å². The molecule has 2 aliphatic heterocycles. The number of urea groups is 1. The van der Waals surface area contributed by atoms with Crippen LogP contribution in [0.5, 0.6) is 0 Å². The molecule has 0 aliphatic carbocycles. The second-order valence-electron chi connectivity index (χ2n) is 7.04. The minimum Gasteiger partial charge on any atom is -0.483 e. The molecule has 0 aromatic carbocycles. The molecule has 11 nitrogen and oxygen atoms in total. The highest BCUT2D eigenvalue weighted by atomic mass is 16.5. The van der Waals surface area contributed by atoms with Gasteiger partial charge in [-0.15, -0.1) is 0 Å². The van der Waals surface area contributed by atoms with E-state index in [4.69, 9.17) is 19.2 Å². The third-order valence-corrected chi connectivity index (χ3v) is 5.36. The molecule has 2 N–H and O–H groups in total. The van der Waals surface area contributed by atoms with Gasteiger partial charge in [0, 0.05) is 18.7 Å². The summed E-state index contributed by atoms with van der Waals surface area (Å²) in [6.07, 6.45) is 1.75. The summed E-state index contributed by atoms with van der Waals surface area (Å²) in [5.74, 6) is 0.248. The lowest BCUT2D eigenvalue weighted by molar-refractivity contribution is -0.141. The average molecular weight is 424 g/mol. The largest absolute Gasteiger partial charge is 0.483 e. The number of amides is 3. The zero-order valence-corrected chi connectivity index (χ0v) is 17.4. The molecular weight excluding hydrogens is 396 g/mol. The van der Waals surface area contributed by atoms with Crippen LogP contribution in [0.15, 0.2) is 4.52 Å². The predicted molar refractivity (Wildman–Crippen MR) is 104 cm³/mol. The molecule has 1 aromatic heterocycles. The number of esters is 1. The third-order valence-electron chi connectivity index (χ3n) is 5.36. The van der Waals surface area contributed by atoms with Crippen molar-refractivity contribution in [2.45, 2.75) is 52.1 Å². The van der Waals surface area contributed by atoms with Crippen LogP contribution in [-0.4, -0.2) is 82.8 Å². The van der Waals surface area contributed by atoms with Crippen LogP contribution in [0.2, 0.25) is 0 Å². The smallest absolute Gasteiger partial charge is 0.325 e. The molecule has 30 heavy (non-hydrogen) atoms. The summed E-state index contributed by atoms with van der Waals surface area (Å²) < 4.78 is 9.96. The van der Waals surface area contributed by atoms with Gasteiger partial charge in [0.05, 0.1) is 30.8 Å². The van der Waals surface area contributed by atoms with Gasteiger partial charge in [0.2, 0.25) is 5.91 Å². The minimum absolute atomic E-state index is 0.0131. The second-order valence-corrected chi connectivity index (χ2v) is 7.04. The number of rotatable bonds is 5. The Hall–Kier alpha value is -3.11. The van der Waals surface area contributed by atoms with E-state index in [1.807, 2.05) is 11.8 Å². The number of ether oxygens (including phenoxy) is 1. The zero-order chi connectivity index (χ0) is 22.3. The molecule has 2 fully saturated rings. The second kappa shape index (κ2) is 10.6. The van der Waals surface area contributed by atoms with Crippen LogP contribution in [0.1, 0.15) is 36.8 Å². The third kappa shape index (κ3) is 5.28. The Balaban J connectivity index is 0.00000101. The number of hydrogen-bond donors (Lipinski definition) is 2. The van der Waals surface area contributed by atoms with E-state index < -0.39 is 5.97 Å². The quantitative estimate of drug-likeness (QED) is 0.513. The molecule has 3 amide bonds. The van der Waals surface area contributed by atoms with E-state index in [2.05, 4.69) is 10.5 Å². The zero-order valence-electron chi connectivity index (χ0n) is 17.4. The highest BCUT2D eigenvalue weighted by molar-refractivity contribution is 5.82. The van der Waals surface area contributed by atoms with Gasteiger partial charge < -0.3 is 29.5 Å². The van der Waals surface area contributed by atoms with Gasteiger partial charge in [-0.1, -0.05) is 5.16 Å². The Kier molecular flexibility index (Phi) is 8.19. The van der Waals surface area contributed by atoms with Crippen LogP contribution in [-0.2, 0) is 25.5 Å². The van der Waals surface area contributed by atoms with Crippen LogP contribution in [0, 0.1) is 13.8 Å². The highest BCUT2D eigenvalue weighted by Gasteiger charge is 2.46. The molecule has 3 heterocycles. The molecule has 2 saturated heterocycles. The number of likely N-dealkylation sites (tertiary alicyclic amines) is 2. The molecule has 0 bridgehead atoms. The summed E-state index contributed by atoms with van der Waals surface area (Å²) in [6.45, 7) is 6.44. The minimum atomic E-state index is -0.454. The van der Waals surface area contributed by atoms with Crippen molar-refractivity contribution >= 4 is 24.4 Å². The standard InChI is InChI=1S/C18H26N4O5.CH2O2/c1-4-26-17(24)10-19-18(25)22-8-6-14-15(22)5-7-21(14)16(23)9-13-11(2)20-27-12(13)3;2-1-3/h14-15H,4-10H2,1-3H3,(H,19,25);1H,(H,2,3)/t14-,15-;/m0./s1. The summed E-state index contributed by atoms with van der Waals surface area (Å²) in [6, 6.07) is -0.275. The first-order chi connectivity index (χ1) is 14.3. The van der Waals surface area contributed by atoms with Crippen LogP contribution in [0.25, 0.3) is 0 Å². The molecule has 1 aromatic rings. The fourth-order valence-corrected chi connectivity index (χ4v) is 4.02. The molecular formula is C19H28N4O7. The van der Waals surface area contributed by atoms with E-state index >= 15 is 0 Å². The molecule has 166 valence electrons. The number of carbonyl (C=O) groups is 4. The van der Waals surface area contributed by atoms with Crippen molar-refractivity contribution in [3.8, 4) is 0 Å². The lowest BCUT2D eigenvalue weighted by Gasteiger charge is -2.25. The Morgan fingerprint density at radius 1 is 1.23 bits per heavy atom. The lowest BCUT2D eigenvalue weighted by Crippen LogP contribution is -2.46. The number of fused-ring (bicyclic) bond motifs is 1. The van der Waals surface area contributed by atoms with Crippen molar-refractivity contribution in [2.75, 3.05) is 26.2 Å². The Labute approximate surface area is 174 Å². The molecule has 0 saturated carbocycles. The predicted octanol–water partition coefficient (Wildman–Crippen LogP) is 0.483. The van der Waals surface area contributed by atoms with Gasteiger partial charge >= 0.3 is 12.0 Å². The summed E-state index contributed by atoms with van der Waals surface area (Å²) in [4.78, 5) is 48.6. The number of aryl methyl sites for hydroxylation is 2. The number of hydrogen-bond acceptors (Lipinski definition) is 7. The topological polar surface area (TPSA) is 142 Å². The van der Waals surface area contributed by atoms with Gasteiger partial charge in [0.1, 0.15) is 12.3 Å². The summed E-state index contributed by atoms with van der Waals surface area (Å²) in [5.41, 5.74) is 1.58. The van der Waals surface area contributed by atoms with E-state index in [9.17, 15) is 14.4 Å². The molecule has 3 rings (SSSR count). The number of carbonyl (C=O) groups excluding carboxylic acids is 3. The summed E-state index contributed by atoms with van der Waals surface area (Å²) >= 11 is 0. The maximum Gasteiger partial charge on any atom is 0.325 e. The summed E-state index contributed by atoms with van der Waals surface area (Å²) in [7, 11) is 0. The molecule has 0 spiro atoms. The van der Waals surface area contributed by atoms with E-state index in [1.165, 1.54) is 0 Å². The van der Waals surface area contributed by atoms with Crippen LogP contribution < -0.4 is 5.32 Å². The van der Waals surface area contributed by atoms with Crippen LogP contribution in [0.3, 0.4) is 0 Å². The first kappa shape index (κ1) is 23.2. The van der Waals surface area contributed by atoms with E-state index in [0.29, 0.717) is 18.8 Å². The first-order valence-corrected chi connectivity index (χ1v) is 9.83. The van der Waals surface area contributed by atoms with Gasteiger partial charge in [-0.25, -0.2) is 4.79 Å². The van der Waals surface area contributed by atoms with Crippen LogP contribution in [0.4, 0.5) is 4.79 Å². The van der Waals surface area contributed by atoms with Gasteiger partial charge in [0.15, 0.2) is 0 Å². The number of nitrogens with one attached hydrogen (secondary N) is 1. The summed E-state index contributed by atoms with van der Waals surface area (Å²) in [5, 5.41) is 13.4. The van der Waals surface area contributed by atoms with Crippen molar-refractivity contribution in [1.82, 2.24) is 20.3 Å². The molecule has 2 aliphatic rings. The van der Waals surface area contributed by atoms with E-state index in [1.54, 1.807) is 18.7 Å². The highest BCUT2D eigenvalue weighted by Crippen LogP contribution is 2.32. The first-order valence-electron chi connectivity index (χ1n) is 9.83. The maximum absolute atomic E-state index is 12.8. The van der Waals surface area contributed by atoms with Crippen molar-refractivity contribution in [1.29, 1.82) is 0 Å². The fraction of sp³-hybridized carbons (Fsp3) is 0.632. The van der Waals surface area contributed by atoms with Crippen molar-refractivity contribution in [3.63, 3.8) is 0 Å². The Morgan fingerprint density at radius 3 is 2.40 bits per heavy atom. The fourth-order valence-electron chi connectivity index (χ4n) is 4.02. The van der Waals surface area contributed by atoms with Gasteiger partial charge in [-0.2, -0.15) is 0 Å². The SMILES string of the molecule is CCOC(=O)CNC(=O)N1CC[C@H]2[C@@H]1CCN2C(=O)Cc1c(C)noc1C.O=CO. The monoisotopic (exact) mass is 424 g/mol. The van der Waals surface area contributed by atoms with Gasteiger partial charge in [0.25, 0.3) is 6.47 Å². The van der Waals surface area contributed by atoms with Crippen molar-refractivity contribution in [3.05, 3.63) is 17.0 Å². The molecule has 11 heteroatoms. The normalized spacial score (nSPS) is 19.6. The van der Waals surface area contributed by atoms with E-state index in [0.717, 1.165) is 24.1 Å². The number of aromatic nitrogens is 1. The molecule has 0 radical (unpaired) electrons. The molecule has 2 atom stereocenters. The Morgan fingerprint density at radius 2 is 1.83 bits per heavy atom. The number of carboxylic acid groups (broad SMARTS) is 1. The van der Waals surface area contributed by atoms with Crippen molar-refractivity contribution < 1.29 is 33.5 Å². The maximum atomic E-state index is 12.8. The van der Waals surface area contributed by atoms with E-state index in [-0.39, 0.29) is 50.1 Å².